The average molecular weight is 1420 g/mol. The number of thioether (sulfide) groups is 2. The van der Waals surface area contributed by atoms with Crippen molar-refractivity contribution >= 4 is 124 Å². The Bertz CT molecular complexity index is 4130. The van der Waals surface area contributed by atoms with Crippen molar-refractivity contribution in [3.8, 4) is 29.3 Å². The normalized spacial score (nSPS) is 18.9. The van der Waals surface area contributed by atoms with E-state index in [1.807, 2.05) is 39.8 Å². The quantitative estimate of drug-likeness (QED) is 0.0124. The third-order valence-electron chi connectivity index (χ3n) is 14.4. The second-order valence-corrected chi connectivity index (χ2v) is 25.4. The molecule has 5 N–H and O–H groups in total. The van der Waals surface area contributed by atoms with Gasteiger partial charge in [0, 0.05) is 77.4 Å². The van der Waals surface area contributed by atoms with Crippen molar-refractivity contribution in [1.82, 2.24) is 41.0 Å². The predicted octanol–water partition coefficient (Wildman–Crippen LogP) is 3.81. The van der Waals surface area contributed by atoms with Crippen LogP contribution < -0.4 is 35.7 Å². The van der Waals surface area contributed by atoms with Gasteiger partial charge in [-0.2, -0.15) is 10.5 Å². The van der Waals surface area contributed by atoms with Gasteiger partial charge in [0.2, 0.25) is 0 Å². The number of H-pyrrole nitrogens is 1. The van der Waals surface area contributed by atoms with Crippen molar-refractivity contribution in [3.63, 3.8) is 0 Å². The van der Waals surface area contributed by atoms with Crippen LogP contribution in [-0.2, 0) is 75.5 Å². The Hall–Kier alpha value is -10.7. The van der Waals surface area contributed by atoms with E-state index >= 15 is 0 Å². The lowest BCUT2D eigenvalue weighted by Gasteiger charge is -2.50. The smallest absolute Gasteiger partial charge is 0.355 e. The summed E-state index contributed by atoms with van der Waals surface area (Å²) >= 11 is 14.6. The SMILES string of the molecule is CCO/N=C(\CC(=O)OC(C)(C)C)C(=O)NC1C(=O)N2C(C(=O)OCc3ccc(OC)cc3)=C(CN3C=CC(=C4C=NC(/C=C(\Cl)C(=O)NC#N)=C4)C=C3)CSC12.CCON=C(C)C(=O)NC1C(=O)N2C(C(=O)[O-])=C(C[n+]3ccc(-c4c[nH]c(/C=C(\Cl)C(=O)NC#N)c4)cc3)CSC12. The van der Waals surface area contributed by atoms with Gasteiger partial charge in [0.15, 0.2) is 37.0 Å². The molecule has 6 aliphatic rings. The van der Waals surface area contributed by atoms with Crippen LogP contribution in [0.5, 0.6) is 5.75 Å². The number of aromatic amines is 1. The minimum atomic E-state index is -1.47. The zero-order valence-electron chi connectivity index (χ0n) is 53.6. The van der Waals surface area contributed by atoms with Gasteiger partial charge < -0.3 is 54.3 Å². The van der Waals surface area contributed by atoms with Gasteiger partial charge in [0.1, 0.15) is 75.5 Å². The highest BCUT2D eigenvalue weighted by Gasteiger charge is 2.56. The van der Waals surface area contributed by atoms with Gasteiger partial charge in [-0.1, -0.05) is 45.6 Å². The van der Waals surface area contributed by atoms with Crippen LogP contribution in [0, 0.1) is 22.9 Å². The third kappa shape index (κ3) is 18.4. The highest BCUT2D eigenvalue weighted by atomic mass is 35.5. The standard InChI is InChI=1S/C39H40ClN7O9S.C26H24ClN7O6S/c1-6-55-45-30(17-31(48)56-39(2,3)4)35(50)44-32-36(51)47-33(38(52)54-20-23-7-9-28(53-5)10-8-23)26(21-57-37(32)47)19-46-13-11-24(12-14-46)25-15-27(42-18-25)16-29(40)34(49)43-22-41;1-3-40-32-14(2)22(35)31-20-24(37)34-21(26(38)39)17(12-41-25(20)34)11-33-6-4-15(5-7-33)16-8-18(29-10-16)9-19(27)23(36)30-13-28/h7-16,18,32,37H,6,17,19-21H2,1-5H3,(H,43,49)(H,44,50);4-10,20,25H,3,11-12H2,1-2H3,(H3,30,31,35,36,38,39)/b29-16-,45-30+;19-9-,32-14?. The number of aliphatic imine (C=N–C) groups is 1. The predicted molar refractivity (Wildman–Crippen MR) is 356 cm³/mol. The van der Waals surface area contributed by atoms with Gasteiger partial charge in [-0.15, -0.1) is 23.5 Å². The number of fused-ring (bicyclic) bond motifs is 2. The Morgan fingerprint density at radius 1 is 0.806 bits per heavy atom. The van der Waals surface area contributed by atoms with Crippen LogP contribution in [0.15, 0.2) is 163 Å². The molecule has 98 heavy (non-hydrogen) atoms. The number of carbonyl (C=O) groups excluding carboxylic acids is 9. The van der Waals surface area contributed by atoms with Gasteiger partial charge in [-0.25, -0.2) is 9.36 Å². The Labute approximate surface area is 579 Å². The van der Waals surface area contributed by atoms with E-state index in [4.69, 9.17) is 57.6 Å². The maximum Gasteiger partial charge on any atom is 0.355 e. The Morgan fingerprint density at radius 3 is 1.99 bits per heavy atom. The number of pyridine rings is 1. The third-order valence-corrected chi connectivity index (χ3v) is 17.7. The fraction of sp³-hybridized carbons (Fsp3) is 0.308. The number of carbonyl (C=O) groups is 9. The minimum Gasteiger partial charge on any atom is -0.543 e. The Kier molecular flexibility index (Phi) is 24.8. The molecule has 29 nitrogen and oxygen atoms in total. The number of carboxylic acids is 1. The number of hydrogen-bond donors (Lipinski definition) is 5. The molecule has 4 atom stereocenters. The molecule has 6 amide bonds. The number of nitrogens with one attached hydrogen (secondary N) is 5. The van der Waals surface area contributed by atoms with E-state index in [9.17, 15) is 48.3 Å². The second-order valence-electron chi connectivity index (χ2n) is 22.4. The lowest BCUT2D eigenvalue weighted by molar-refractivity contribution is -0.689. The van der Waals surface area contributed by atoms with E-state index in [2.05, 4.69) is 30.9 Å². The van der Waals surface area contributed by atoms with E-state index in [1.165, 1.54) is 59.9 Å². The number of nitrogens with zero attached hydrogens (tertiary/aromatic N) is 9. The number of oxime groups is 2. The number of aromatic nitrogens is 2. The summed E-state index contributed by atoms with van der Waals surface area (Å²) in [7, 11) is 1.55. The maximum absolute atomic E-state index is 13.9. The molecular weight excluding hydrogens is 1350 g/mol. The van der Waals surface area contributed by atoms with E-state index in [-0.39, 0.29) is 65.8 Å². The van der Waals surface area contributed by atoms with Crippen molar-refractivity contribution in [2.45, 2.75) is 89.5 Å². The molecule has 510 valence electrons. The summed E-state index contributed by atoms with van der Waals surface area (Å²) < 4.78 is 18.1. The monoisotopic (exact) mass is 1410 g/mol. The number of rotatable bonds is 24. The van der Waals surface area contributed by atoms with Crippen molar-refractivity contribution in [1.29, 1.82) is 10.5 Å². The molecule has 2 aromatic heterocycles. The molecule has 3 aromatic rings. The summed E-state index contributed by atoms with van der Waals surface area (Å²) in [5, 5.41) is 44.3. The molecule has 1 aromatic carbocycles. The molecule has 2 fully saturated rings. The number of allylic oxidation sites excluding steroid dienone is 6. The number of benzene rings is 1. The highest BCUT2D eigenvalue weighted by molar-refractivity contribution is 8.00. The summed E-state index contributed by atoms with van der Waals surface area (Å²) in [6.45, 7) is 10.7. The first-order chi connectivity index (χ1) is 46.8. The van der Waals surface area contributed by atoms with Gasteiger partial charge in [0.05, 0.1) is 30.9 Å². The molecule has 6 aliphatic heterocycles. The summed E-state index contributed by atoms with van der Waals surface area (Å²) in [6, 6.07) is 10.5. The molecular formula is C65H64Cl2N14O15S2. The van der Waals surface area contributed by atoms with E-state index in [0.717, 1.165) is 27.2 Å². The average Bonchev–Trinajstić information content (AvgIpc) is 0.952. The van der Waals surface area contributed by atoms with Crippen molar-refractivity contribution in [2.24, 2.45) is 15.3 Å². The number of halogens is 2. The lowest BCUT2D eigenvalue weighted by Crippen LogP contribution is -2.71. The van der Waals surface area contributed by atoms with Gasteiger partial charge in [0.25, 0.3) is 35.4 Å². The number of hydrogen-bond acceptors (Lipinski definition) is 23. The van der Waals surface area contributed by atoms with Crippen molar-refractivity contribution < 1.29 is 76.7 Å². The van der Waals surface area contributed by atoms with Crippen LogP contribution in [-0.4, -0.2) is 157 Å². The van der Waals surface area contributed by atoms with E-state index in [0.29, 0.717) is 45.4 Å². The highest BCUT2D eigenvalue weighted by Crippen LogP contribution is 2.42. The number of aliphatic carboxylic acids is 1. The van der Waals surface area contributed by atoms with Crippen LogP contribution in [0.1, 0.15) is 59.2 Å². The van der Waals surface area contributed by atoms with Crippen LogP contribution >= 0.6 is 46.7 Å². The first-order valence-electron chi connectivity index (χ1n) is 29.8. The van der Waals surface area contributed by atoms with Crippen LogP contribution in [0.25, 0.3) is 17.2 Å². The summed E-state index contributed by atoms with van der Waals surface area (Å²) in [5.41, 5.74) is 4.86. The zero-order chi connectivity index (χ0) is 71.0. The van der Waals surface area contributed by atoms with Crippen molar-refractivity contribution in [3.05, 3.63) is 158 Å². The molecule has 0 spiro atoms. The number of amides is 6. The van der Waals surface area contributed by atoms with Crippen LogP contribution in [0.3, 0.4) is 0 Å². The number of nitriles is 2. The number of ether oxygens (including phenoxy) is 3. The summed E-state index contributed by atoms with van der Waals surface area (Å²) in [5.74, 6) is -5.49. The fourth-order valence-electron chi connectivity index (χ4n) is 9.86. The minimum absolute atomic E-state index is 0.0502. The maximum atomic E-state index is 13.9. The molecule has 8 heterocycles. The number of methoxy groups -OCH3 is 1. The molecule has 9 rings (SSSR count). The Morgan fingerprint density at radius 2 is 1.40 bits per heavy atom. The molecule has 2 saturated heterocycles. The number of esters is 2. The molecule has 33 heteroatoms. The number of β-lactam (4-membered cyclic amide) rings is 2. The largest absolute Gasteiger partial charge is 0.543 e. The van der Waals surface area contributed by atoms with E-state index in [1.54, 1.807) is 120 Å². The first kappa shape index (κ1) is 73.1. The fourth-order valence-corrected chi connectivity index (χ4v) is 12.8. The lowest BCUT2D eigenvalue weighted by atomic mass is 10.0. The zero-order valence-corrected chi connectivity index (χ0v) is 56.7. The summed E-state index contributed by atoms with van der Waals surface area (Å²) in [6.07, 6.45) is 21.2. The number of carboxylic acid groups (broad SMARTS) is 1. The van der Waals surface area contributed by atoms with Gasteiger partial charge in [-0.05, 0) is 112 Å². The van der Waals surface area contributed by atoms with E-state index < -0.39 is 88.2 Å². The molecule has 0 bridgehead atoms. The molecule has 0 saturated carbocycles. The first-order valence-corrected chi connectivity index (χ1v) is 32.7. The second kappa shape index (κ2) is 33.3. The molecule has 0 aliphatic carbocycles. The van der Waals surface area contributed by atoms with Crippen LogP contribution in [0.2, 0.25) is 0 Å². The van der Waals surface area contributed by atoms with Crippen molar-refractivity contribution in [2.75, 3.05) is 38.4 Å². The summed E-state index contributed by atoms with van der Waals surface area (Å²) in [4.78, 5) is 136. The van der Waals surface area contributed by atoms with Crippen LogP contribution in [0.4, 0.5) is 0 Å². The molecule has 0 radical (unpaired) electrons. The molecule has 4 unspecified atom stereocenters. The van der Waals surface area contributed by atoms with Gasteiger partial charge in [-0.3, -0.25) is 59.0 Å². The Balaban J connectivity index is 0.000000264. The topological polar surface area (TPSA) is 385 Å². The van der Waals surface area contributed by atoms with Gasteiger partial charge >= 0.3 is 11.9 Å².